The first-order valence-electron chi connectivity index (χ1n) is 5.34. The van der Waals surface area contributed by atoms with Gasteiger partial charge in [0.25, 0.3) is 0 Å². The van der Waals surface area contributed by atoms with Gasteiger partial charge in [0.05, 0.1) is 0 Å². The van der Waals surface area contributed by atoms with E-state index >= 15 is 0 Å². The van der Waals surface area contributed by atoms with Crippen molar-refractivity contribution < 1.29 is 9.90 Å². The quantitative estimate of drug-likeness (QED) is 0.517. The van der Waals surface area contributed by atoms with Gasteiger partial charge < -0.3 is 16.2 Å². The highest BCUT2D eigenvalue weighted by Crippen LogP contribution is 2.26. The summed E-state index contributed by atoms with van der Waals surface area (Å²) in [5.41, 5.74) is 4.95. The average molecular weight is 198 g/mol. The fraction of sp³-hybridized carbons (Fsp3) is 0.889. The largest absolute Gasteiger partial charge is 0.480 e. The molecule has 1 heterocycles. The van der Waals surface area contributed by atoms with Crippen LogP contribution in [0, 0.1) is 5.92 Å². The number of rotatable bonds is 4. The van der Waals surface area contributed by atoms with E-state index in [0.29, 0.717) is 13.0 Å². The topological polar surface area (TPSA) is 75.3 Å². The van der Waals surface area contributed by atoms with E-state index in [0.717, 1.165) is 25.7 Å². The minimum Gasteiger partial charge on any atom is -0.480 e. The van der Waals surface area contributed by atoms with Crippen molar-refractivity contribution >= 4 is 13.8 Å². The lowest BCUT2D eigenvalue weighted by molar-refractivity contribution is -0.146. The lowest BCUT2D eigenvalue weighted by atomic mass is 9.76. The Morgan fingerprint density at radius 2 is 2.43 bits per heavy atom. The van der Waals surface area contributed by atoms with Gasteiger partial charge in [0.15, 0.2) is 0 Å². The standard InChI is InChI=1S/C9H19BN2O2/c10-4-1-2-7-6-12-5-3-9(7,11)8(13)14/h7,12H,1-6,10-11H2,(H,13,14)/t7-,9-/m0/s1. The molecular weight excluding hydrogens is 179 g/mol. The summed E-state index contributed by atoms with van der Waals surface area (Å²) in [6.45, 7) is 1.45. The molecule has 1 saturated heterocycles. The third-order valence-electron chi connectivity index (χ3n) is 3.14. The van der Waals surface area contributed by atoms with Crippen LogP contribution in [-0.2, 0) is 4.79 Å². The van der Waals surface area contributed by atoms with Crippen molar-refractivity contribution in [1.29, 1.82) is 0 Å². The van der Waals surface area contributed by atoms with Gasteiger partial charge in [-0.2, -0.15) is 0 Å². The predicted molar refractivity (Wildman–Crippen MR) is 58.1 cm³/mol. The number of hydrogen-bond acceptors (Lipinski definition) is 3. The van der Waals surface area contributed by atoms with Crippen molar-refractivity contribution in [2.45, 2.75) is 31.1 Å². The lowest BCUT2D eigenvalue weighted by Crippen LogP contribution is -2.61. The Kier molecular flexibility index (Phi) is 3.95. The van der Waals surface area contributed by atoms with Gasteiger partial charge in [-0.05, 0) is 19.4 Å². The van der Waals surface area contributed by atoms with Crippen molar-refractivity contribution in [3.63, 3.8) is 0 Å². The van der Waals surface area contributed by atoms with Crippen molar-refractivity contribution in [3.05, 3.63) is 0 Å². The van der Waals surface area contributed by atoms with Crippen molar-refractivity contribution in [2.24, 2.45) is 11.7 Å². The summed E-state index contributed by atoms with van der Waals surface area (Å²) in [6, 6.07) is 0. The van der Waals surface area contributed by atoms with Crippen LogP contribution >= 0.6 is 0 Å². The number of carbonyl (C=O) groups is 1. The predicted octanol–water partition coefficient (Wildman–Crippen LogP) is -0.790. The van der Waals surface area contributed by atoms with Gasteiger partial charge in [-0.1, -0.05) is 12.7 Å². The van der Waals surface area contributed by atoms with Gasteiger partial charge in [0.2, 0.25) is 0 Å². The molecule has 5 heteroatoms. The molecule has 0 aromatic rings. The van der Waals surface area contributed by atoms with Gasteiger partial charge >= 0.3 is 5.97 Å². The average Bonchev–Trinajstić information content (AvgIpc) is 2.16. The molecule has 1 rings (SSSR count). The molecule has 1 aliphatic rings. The summed E-state index contributed by atoms with van der Waals surface area (Å²) in [5, 5.41) is 12.3. The highest BCUT2D eigenvalue weighted by molar-refractivity contribution is 6.08. The molecule has 0 aliphatic carbocycles. The van der Waals surface area contributed by atoms with Crippen molar-refractivity contribution in [1.82, 2.24) is 5.32 Å². The van der Waals surface area contributed by atoms with E-state index < -0.39 is 11.5 Å². The minimum absolute atomic E-state index is 0.0775. The maximum absolute atomic E-state index is 11.1. The second-order valence-electron chi connectivity index (χ2n) is 4.14. The third-order valence-corrected chi connectivity index (χ3v) is 3.14. The molecule has 80 valence electrons. The summed E-state index contributed by atoms with van der Waals surface area (Å²) < 4.78 is 0. The van der Waals surface area contributed by atoms with Crippen LogP contribution in [0.2, 0.25) is 6.32 Å². The third kappa shape index (κ3) is 2.28. The number of carboxylic acids is 1. The summed E-state index contributed by atoms with van der Waals surface area (Å²) >= 11 is 0. The highest BCUT2D eigenvalue weighted by Gasteiger charge is 2.43. The number of carboxylic acid groups (broad SMARTS) is 1. The molecular formula is C9H19BN2O2. The Labute approximate surface area is 85.7 Å². The first kappa shape index (κ1) is 11.5. The minimum atomic E-state index is -1.000. The first-order valence-corrected chi connectivity index (χ1v) is 5.34. The molecule has 0 radical (unpaired) electrons. The van der Waals surface area contributed by atoms with E-state index in [9.17, 15) is 4.79 Å². The van der Waals surface area contributed by atoms with Crippen LogP contribution in [0.15, 0.2) is 0 Å². The van der Waals surface area contributed by atoms with E-state index in [1.54, 1.807) is 0 Å². The van der Waals surface area contributed by atoms with Gasteiger partial charge in [-0.25, -0.2) is 0 Å². The number of hydrogen-bond donors (Lipinski definition) is 3. The van der Waals surface area contributed by atoms with Gasteiger partial charge in [0, 0.05) is 12.5 Å². The zero-order chi connectivity index (χ0) is 10.6. The smallest absolute Gasteiger partial charge is 0.324 e. The second-order valence-corrected chi connectivity index (χ2v) is 4.14. The van der Waals surface area contributed by atoms with E-state index in [-0.39, 0.29) is 5.92 Å². The van der Waals surface area contributed by atoms with Gasteiger partial charge in [0.1, 0.15) is 13.4 Å². The molecule has 0 aromatic carbocycles. The highest BCUT2D eigenvalue weighted by atomic mass is 16.4. The van der Waals surface area contributed by atoms with Crippen LogP contribution < -0.4 is 11.1 Å². The molecule has 1 aliphatic heterocycles. The molecule has 4 nitrogen and oxygen atoms in total. The molecule has 0 saturated carbocycles. The van der Waals surface area contributed by atoms with Gasteiger partial charge in [-0.3, -0.25) is 4.79 Å². The number of nitrogens with one attached hydrogen (secondary N) is 1. The van der Waals surface area contributed by atoms with Crippen LogP contribution in [0.3, 0.4) is 0 Å². The summed E-state index contributed by atoms with van der Waals surface area (Å²) in [6.07, 6.45) is 3.59. The van der Waals surface area contributed by atoms with Crippen molar-refractivity contribution in [3.8, 4) is 0 Å². The Bertz CT molecular complexity index is 213. The zero-order valence-corrected chi connectivity index (χ0v) is 8.75. The van der Waals surface area contributed by atoms with Gasteiger partial charge in [-0.15, -0.1) is 0 Å². The zero-order valence-electron chi connectivity index (χ0n) is 8.75. The Hall–Kier alpha value is -0.545. The maximum Gasteiger partial charge on any atom is 0.324 e. The molecule has 0 unspecified atom stereocenters. The van der Waals surface area contributed by atoms with E-state index in [1.807, 2.05) is 0 Å². The molecule has 0 bridgehead atoms. The second kappa shape index (κ2) is 4.80. The number of aliphatic carboxylic acids is 1. The Morgan fingerprint density at radius 3 is 3.00 bits per heavy atom. The number of piperidine rings is 1. The molecule has 1 fully saturated rings. The summed E-state index contributed by atoms with van der Waals surface area (Å²) in [4.78, 5) is 11.1. The molecule has 4 N–H and O–H groups in total. The Balaban J connectivity index is 2.63. The molecule has 2 atom stereocenters. The molecule has 0 amide bonds. The van der Waals surface area contributed by atoms with Crippen LogP contribution in [0.25, 0.3) is 0 Å². The lowest BCUT2D eigenvalue weighted by Gasteiger charge is -2.38. The monoisotopic (exact) mass is 198 g/mol. The first-order chi connectivity index (χ1) is 6.61. The molecule has 14 heavy (non-hydrogen) atoms. The maximum atomic E-state index is 11.1. The Morgan fingerprint density at radius 1 is 1.71 bits per heavy atom. The SMILES string of the molecule is BCCC[C@H]1CNCC[C@@]1(N)C(=O)O. The van der Waals surface area contributed by atoms with Crippen molar-refractivity contribution in [2.75, 3.05) is 13.1 Å². The fourth-order valence-electron chi connectivity index (χ4n) is 2.05. The number of nitrogens with two attached hydrogens (primary N) is 1. The van der Waals surface area contributed by atoms with Crippen LogP contribution in [-0.4, -0.2) is 37.6 Å². The van der Waals surface area contributed by atoms with E-state index in [4.69, 9.17) is 10.8 Å². The fourth-order valence-corrected chi connectivity index (χ4v) is 2.05. The summed E-state index contributed by atoms with van der Waals surface area (Å²) in [5.74, 6) is -0.770. The molecule has 0 aromatic heterocycles. The normalized spacial score (nSPS) is 32.8. The van der Waals surface area contributed by atoms with Crippen LogP contribution in [0.5, 0.6) is 0 Å². The molecule has 0 spiro atoms. The van der Waals surface area contributed by atoms with E-state index in [1.165, 1.54) is 0 Å². The summed E-state index contributed by atoms with van der Waals surface area (Å²) in [7, 11) is 2.11. The van der Waals surface area contributed by atoms with Crippen LogP contribution in [0.1, 0.15) is 19.3 Å². The van der Waals surface area contributed by atoms with Crippen LogP contribution in [0.4, 0.5) is 0 Å². The van der Waals surface area contributed by atoms with E-state index in [2.05, 4.69) is 13.2 Å².